The topological polar surface area (TPSA) is 48.7 Å². The van der Waals surface area contributed by atoms with E-state index in [4.69, 9.17) is 13.9 Å². The van der Waals surface area contributed by atoms with Crippen LogP contribution in [-0.2, 0) is 0 Å². The lowest BCUT2D eigenvalue weighted by molar-refractivity contribution is 0.109. The molecule has 4 nitrogen and oxygen atoms in total. The fraction of sp³-hybridized carbons (Fsp3) is 0.250. The molecule has 16 heavy (non-hydrogen) atoms. The number of hydrogen-bond acceptors (Lipinski definition) is 4. The van der Waals surface area contributed by atoms with Crippen molar-refractivity contribution < 1.29 is 18.7 Å². The summed E-state index contributed by atoms with van der Waals surface area (Å²) in [4.78, 5) is 10.8. The summed E-state index contributed by atoms with van der Waals surface area (Å²) in [6.45, 7) is 1.94. The number of aldehydes is 1. The van der Waals surface area contributed by atoms with Gasteiger partial charge in [0, 0.05) is 0 Å². The first kappa shape index (κ1) is 10.5. The third kappa shape index (κ3) is 1.43. The van der Waals surface area contributed by atoms with Gasteiger partial charge >= 0.3 is 0 Å². The molecule has 0 amide bonds. The summed E-state index contributed by atoms with van der Waals surface area (Å²) in [5.74, 6) is 1.23. The van der Waals surface area contributed by atoms with Crippen molar-refractivity contribution in [1.82, 2.24) is 0 Å². The molecule has 0 saturated heterocycles. The van der Waals surface area contributed by atoms with Gasteiger partial charge in [0.25, 0.3) is 0 Å². The molecule has 2 aromatic rings. The number of ether oxygens (including phenoxy) is 2. The van der Waals surface area contributed by atoms with Gasteiger partial charge in [0.1, 0.15) is 0 Å². The van der Waals surface area contributed by atoms with Crippen LogP contribution in [0.25, 0.3) is 11.0 Å². The first-order valence-corrected chi connectivity index (χ1v) is 4.81. The molecule has 0 radical (unpaired) electrons. The Morgan fingerprint density at radius 1 is 1.25 bits per heavy atom. The van der Waals surface area contributed by atoms with Gasteiger partial charge in [-0.25, -0.2) is 0 Å². The monoisotopic (exact) mass is 220 g/mol. The molecule has 0 aliphatic rings. The van der Waals surface area contributed by atoms with Crippen molar-refractivity contribution in [2.24, 2.45) is 0 Å². The normalized spacial score (nSPS) is 10.4. The van der Waals surface area contributed by atoms with Gasteiger partial charge in [-0.15, -0.1) is 0 Å². The fourth-order valence-electron chi connectivity index (χ4n) is 1.74. The van der Waals surface area contributed by atoms with E-state index in [1.807, 2.05) is 19.1 Å². The number of fused-ring (bicyclic) bond motifs is 1. The molecular weight excluding hydrogens is 208 g/mol. The predicted molar refractivity (Wildman–Crippen MR) is 59.4 cm³/mol. The number of benzene rings is 1. The van der Waals surface area contributed by atoms with Gasteiger partial charge in [0.2, 0.25) is 5.76 Å². The molecule has 1 aromatic heterocycles. The Bertz CT molecular complexity index is 539. The Labute approximate surface area is 92.8 Å². The first-order chi connectivity index (χ1) is 7.71. The highest BCUT2D eigenvalue weighted by Gasteiger charge is 2.17. The Balaban J connectivity index is 2.85. The van der Waals surface area contributed by atoms with E-state index in [-0.39, 0.29) is 5.76 Å². The average Bonchev–Trinajstić information content (AvgIpc) is 2.65. The maximum absolute atomic E-state index is 10.8. The zero-order valence-electron chi connectivity index (χ0n) is 9.37. The van der Waals surface area contributed by atoms with Crippen molar-refractivity contribution >= 4 is 17.3 Å². The first-order valence-electron chi connectivity index (χ1n) is 4.81. The van der Waals surface area contributed by atoms with Gasteiger partial charge in [0.05, 0.1) is 19.6 Å². The molecule has 0 unspecified atom stereocenters. The third-order valence-corrected chi connectivity index (χ3v) is 2.41. The van der Waals surface area contributed by atoms with E-state index in [1.54, 1.807) is 7.11 Å². The van der Waals surface area contributed by atoms with E-state index >= 15 is 0 Å². The molecule has 0 bridgehead atoms. The molecule has 0 atom stereocenters. The van der Waals surface area contributed by atoms with Crippen LogP contribution in [0.3, 0.4) is 0 Å². The largest absolute Gasteiger partial charge is 0.493 e. The molecule has 1 aromatic carbocycles. The highest BCUT2D eigenvalue weighted by molar-refractivity contribution is 5.96. The Kier molecular flexibility index (Phi) is 2.56. The van der Waals surface area contributed by atoms with Crippen LogP contribution >= 0.6 is 0 Å². The minimum Gasteiger partial charge on any atom is -0.493 e. The van der Waals surface area contributed by atoms with E-state index in [0.29, 0.717) is 23.4 Å². The van der Waals surface area contributed by atoms with E-state index in [2.05, 4.69) is 0 Å². The van der Waals surface area contributed by atoms with Crippen molar-refractivity contribution in [3.05, 3.63) is 23.5 Å². The second-order valence-electron chi connectivity index (χ2n) is 3.46. The Morgan fingerprint density at radius 3 is 2.56 bits per heavy atom. The second-order valence-corrected chi connectivity index (χ2v) is 3.46. The van der Waals surface area contributed by atoms with Crippen molar-refractivity contribution in [2.45, 2.75) is 6.92 Å². The average molecular weight is 220 g/mol. The zero-order chi connectivity index (χ0) is 11.7. The summed E-state index contributed by atoms with van der Waals surface area (Å²) in [6, 6.07) is 3.74. The minimum absolute atomic E-state index is 0.182. The zero-order valence-corrected chi connectivity index (χ0v) is 9.37. The van der Waals surface area contributed by atoms with Gasteiger partial charge in [0.15, 0.2) is 23.4 Å². The second kappa shape index (κ2) is 3.89. The molecule has 0 aliphatic carbocycles. The minimum atomic E-state index is 0.182. The van der Waals surface area contributed by atoms with Crippen LogP contribution in [0.4, 0.5) is 0 Å². The van der Waals surface area contributed by atoms with E-state index in [1.165, 1.54) is 7.11 Å². The lowest BCUT2D eigenvalue weighted by Crippen LogP contribution is -1.86. The molecule has 4 heteroatoms. The van der Waals surface area contributed by atoms with Crippen LogP contribution in [0.5, 0.6) is 11.5 Å². The van der Waals surface area contributed by atoms with E-state index < -0.39 is 0 Å². The summed E-state index contributed by atoms with van der Waals surface area (Å²) >= 11 is 0. The van der Waals surface area contributed by atoms with E-state index in [0.717, 1.165) is 10.9 Å². The SMILES string of the molecule is COc1c(C=O)oc2c(OC)cc(C)cc12. The van der Waals surface area contributed by atoms with Crippen molar-refractivity contribution in [1.29, 1.82) is 0 Å². The summed E-state index contributed by atoms with van der Waals surface area (Å²) in [6.07, 6.45) is 0.633. The molecule has 0 fully saturated rings. The lowest BCUT2D eigenvalue weighted by Gasteiger charge is -2.02. The molecule has 2 rings (SSSR count). The van der Waals surface area contributed by atoms with Crippen molar-refractivity contribution in [3.63, 3.8) is 0 Å². The van der Waals surface area contributed by atoms with Crippen LogP contribution in [0.15, 0.2) is 16.5 Å². The third-order valence-electron chi connectivity index (χ3n) is 2.41. The summed E-state index contributed by atoms with van der Waals surface area (Å²) < 4.78 is 15.8. The quantitative estimate of drug-likeness (QED) is 0.746. The van der Waals surface area contributed by atoms with E-state index in [9.17, 15) is 4.79 Å². The predicted octanol–water partition coefficient (Wildman–Crippen LogP) is 2.57. The fourth-order valence-corrected chi connectivity index (χ4v) is 1.74. The summed E-state index contributed by atoms with van der Waals surface area (Å²) in [5.41, 5.74) is 1.55. The number of rotatable bonds is 3. The van der Waals surface area contributed by atoms with Gasteiger partial charge < -0.3 is 13.9 Å². The highest BCUT2D eigenvalue weighted by Crippen LogP contribution is 2.38. The number of furan rings is 1. The van der Waals surface area contributed by atoms with Crippen LogP contribution in [0.1, 0.15) is 16.1 Å². The van der Waals surface area contributed by atoms with Gasteiger partial charge in [-0.3, -0.25) is 4.79 Å². The Hall–Kier alpha value is -1.97. The smallest absolute Gasteiger partial charge is 0.209 e. The summed E-state index contributed by atoms with van der Waals surface area (Å²) in [7, 11) is 3.07. The molecule has 0 aliphatic heterocycles. The summed E-state index contributed by atoms with van der Waals surface area (Å²) in [5, 5.41) is 0.751. The molecule has 0 N–H and O–H groups in total. The van der Waals surface area contributed by atoms with Gasteiger partial charge in [-0.1, -0.05) is 0 Å². The molecule has 84 valence electrons. The van der Waals surface area contributed by atoms with Gasteiger partial charge in [-0.2, -0.15) is 0 Å². The van der Waals surface area contributed by atoms with Crippen LogP contribution < -0.4 is 9.47 Å². The highest BCUT2D eigenvalue weighted by atomic mass is 16.5. The molecule has 1 heterocycles. The van der Waals surface area contributed by atoms with Crippen molar-refractivity contribution in [2.75, 3.05) is 14.2 Å². The number of hydrogen-bond donors (Lipinski definition) is 0. The Morgan fingerprint density at radius 2 is 2.00 bits per heavy atom. The molecule has 0 spiro atoms. The van der Waals surface area contributed by atoms with Crippen molar-refractivity contribution in [3.8, 4) is 11.5 Å². The maximum atomic E-state index is 10.8. The number of aryl methyl sites for hydroxylation is 1. The van der Waals surface area contributed by atoms with Crippen LogP contribution in [0, 0.1) is 6.92 Å². The van der Waals surface area contributed by atoms with Crippen LogP contribution in [0.2, 0.25) is 0 Å². The van der Waals surface area contributed by atoms with Gasteiger partial charge in [-0.05, 0) is 24.6 Å². The maximum Gasteiger partial charge on any atom is 0.209 e. The lowest BCUT2D eigenvalue weighted by atomic mass is 10.1. The molecular formula is C12H12O4. The number of carbonyl (C=O) groups is 1. The molecule has 0 saturated carbocycles. The number of carbonyl (C=O) groups excluding carboxylic acids is 1. The standard InChI is InChI=1S/C12H12O4/c1-7-4-8-11(15-3)10(6-13)16-12(8)9(5-7)14-2/h4-6H,1-3H3. The van der Waals surface area contributed by atoms with Crippen LogP contribution in [-0.4, -0.2) is 20.5 Å². The number of methoxy groups -OCH3 is 2.